The van der Waals surface area contributed by atoms with Gasteiger partial charge >= 0.3 is 0 Å². The van der Waals surface area contributed by atoms with E-state index in [4.69, 9.17) is 4.74 Å². The summed E-state index contributed by atoms with van der Waals surface area (Å²) in [6.07, 6.45) is 6.82. The minimum atomic E-state index is -0.273. The van der Waals surface area contributed by atoms with Gasteiger partial charge in [-0.3, -0.25) is 0 Å². The number of aromatic nitrogens is 2. The molecule has 0 atom stereocenters. The number of benzene rings is 1. The minimum Gasteiger partial charge on any atom is -0.481 e. The maximum absolute atomic E-state index is 14.1. The van der Waals surface area contributed by atoms with Crippen LogP contribution in [0.2, 0.25) is 0 Å². The molecular formula is C20H18FN4O+. The van der Waals surface area contributed by atoms with E-state index < -0.39 is 0 Å². The van der Waals surface area contributed by atoms with E-state index in [0.29, 0.717) is 23.6 Å². The number of halogens is 1. The molecule has 0 bridgehead atoms. The van der Waals surface area contributed by atoms with Crippen molar-refractivity contribution in [1.82, 2.24) is 9.97 Å². The van der Waals surface area contributed by atoms with Gasteiger partial charge < -0.3 is 4.74 Å². The van der Waals surface area contributed by atoms with Crippen LogP contribution in [0, 0.1) is 5.82 Å². The van der Waals surface area contributed by atoms with E-state index in [-0.39, 0.29) is 11.7 Å². The molecule has 0 saturated carbocycles. The fraction of sp³-hybridized carbons (Fsp3) is 0.100. The van der Waals surface area contributed by atoms with Gasteiger partial charge in [0.1, 0.15) is 11.5 Å². The highest BCUT2D eigenvalue weighted by Crippen LogP contribution is 2.21. The second-order valence-corrected chi connectivity index (χ2v) is 5.46. The van der Waals surface area contributed by atoms with Crippen LogP contribution in [0.25, 0.3) is 0 Å². The lowest BCUT2D eigenvalue weighted by atomic mass is 10.0. The van der Waals surface area contributed by atoms with E-state index in [2.05, 4.69) is 28.1 Å². The average molecular weight is 349 g/mol. The highest BCUT2D eigenvalue weighted by atomic mass is 19.1. The van der Waals surface area contributed by atoms with Gasteiger partial charge in [-0.2, -0.15) is 4.58 Å². The maximum Gasteiger partial charge on any atom is 0.257 e. The molecule has 1 aromatic carbocycles. The van der Waals surface area contributed by atoms with Crippen LogP contribution < -0.4 is 0 Å². The molecule has 0 spiro atoms. The summed E-state index contributed by atoms with van der Waals surface area (Å²) >= 11 is 0. The number of hydrogen-bond donors (Lipinski definition) is 0. The number of rotatable bonds is 7. The second-order valence-electron chi connectivity index (χ2n) is 5.46. The summed E-state index contributed by atoms with van der Waals surface area (Å²) in [6, 6.07) is 8.39. The molecule has 3 rings (SSSR count). The van der Waals surface area contributed by atoms with E-state index >= 15 is 0 Å². The summed E-state index contributed by atoms with van der Waals surface area (Å²) in [5.41, 5.74) is 2.68. The Morgan fingerprint density at radius 2 is 2.00 bits per heavy atom. The van der Waals surface area contributed by atoms with Crippen LogP contribution in [0.4, 0.5) is 4.39 Å². The van der Waals surface area contributed by atoms with E-state index in [1.54, 1.807) is 42.7 Å². The van der Waals surface area contributed by atoms with Crippen molar-refractivity contribution >= 4 is 11.4 Å². The average Bonchev–Trinajstić information content (AvgIpc) is 2.66. The summed E-state index contributed by atoms with van der Waals surface area (Å²) in [5, 5.41) is 0. The van der Waals surface area contributed by atoms with E-state index in [0.717, 1.165) is 11.4 Å². The van der Waals surface area contributed by atoms with Crippen molar-refractivity contribution in [3.63, 3.8) is 0 Å². The quantitative estimate of drug-likeness (QED) is 0.438. The zero-order valence-corrected chi connectivity index (χ0v) is 14.4. The van der Waals surface area contributed by atoms with Gasteiger partial charge in [0.15, 0.2) is 6.54 Å². The van der Waals surface area contributed by atoms with Gasteiger partial charge in [0.25, 0.3) is 5.71 Å². The molecule has 0 N–H and O–H groups in total. The Hall–Kier alpha value is -3.41. The number of nitrogens with zero attached hydrogens (tertiary/aromatic N) is 4. The number of methoxy groups -OCH3 is 1. The first kappa shape index (κ1) is 17.4. The summed E-state index contributed by atoms with van der Waals surface area (Å²) in [5.74, 6) is 0.545. The van der Waals surface area contributed by atoms with Crippen LogP contribution in [-0.4, -0.2) is 33.1 Å². The Kier molecular flexibility index (Phi) is 5.12. The topological polar surface area (TPSA) is 50.4 Å². The molecule has 0 amide bonds. The van der Waals surface area contributed by atoms with Crippen LogP contribution >= 0.6 is 0 Å². The van der Waals surface area contributed by atoms with E-state index in [9.17, 15) is 4.39 Å². The Morgan fingerprint density at radius 3 is 2.65 bits per heavy atom. The van der Waals surface area contributed by atoms with Crippen molar-refractivity contribution in [1.29, 1.82) is 0 Å². The second kappa shape index (κ2) is 7.65. The third-order valence-electron chi connectivity index (χ3n) is 3.87. The number of ether oxygens (including phenoxy) is 1. The lowest BCUT2D eigenvalue weighted by Crippen LogP contribution is -2.34. The van der Waals surface area contributed by atoms with Gasteiger partial charge in [0, 0.05) is 12.4 Å². The molecule has 0 radical (unpaired) electrons. The van der Waals surface area contributed by atoms with Gasteiger partial charge in [0.05, 0.1) is 18.7 Å². The summed E-state index contributed by atoms with van der Waals surface area (Å²) in [4.78, 5) is 12.9. The lowest BCUT2D eigenvalue weighted by Gasteiger charge is -2.17. The number of hydrogen-bond acceptors (Lipinski definition) is 4. The largest absolute Gasteiger partial charge is 0.481 e. The molecule has 0 saturated heterocycles. The predicted molar refractivity (Wildman–Crippen MR) is 98.4 cm³/mol. The van der Waals surface area contributed by atoms with Crippen molar-refractivity contribution in [3.8, 4) is 0 Å². The lowest BCUT2D eigenvalue weighted by molar-refractivity contribution is -0.495. The molecule has 0 fully saturated rings. The van der Waals surface area contributed by atoms with Crippen LogP contribution in [-0.2, 0) is 11.3 Å². The molecule has 1 aliphatic heterocycles. The normalized spacial score (nSPS) is 13.8. The van der Waals surface area contributed by atoms with Crippen molar-refractivity contribution < 1.29 is 13.7 Å². The van der Waals surface area contributed by atoms with Gasteiger partial charge in [-0.1, -0.05) is 18.7 Å². The van der Waals surface area contributed by atoms with Crippen LogP contribution in [0.1, 0.15) is 11.4 Å². The first-order valence-electron chi connectivity index (χ1n) is 7.95. The fourth-order valence-electron chi connectivity index (χ4n) is 2.53. The molecular weight excluding hydrogens is 331 g/mol. The summed E-state index contributed by atoms with van der Waals surface area (Å²) in [7, 11) is 1.49. The molecule has 2 aromatic rings. The number of aliphatic imine (C=N–C) groups is 1. The molecule has 0 aliphatic carbocycles. The standard InChI is InChI=1S/C20H18FN4O/c1-4-17(24-14(2)26-3)18-12-19(20-22-10-7-11-23-20)25(18)13-15-8-5-6-9-16(15)21/h4-12H,1-2,13H2,3H3/q+1. The maximum atomic E-state index is 14.1. The zero-order chi connectivity index (χ0) is 18.5. The Labute approximate surface area is 151 Å². The van der Waals surface area contributed by atoms with Gasteiger partial charge in [-0.05, 0) is 30.9 Å². The number of allylic oxidation sites excluding steroid dienone is 2. The van der Waals surface area contributed by atoms with Crippen molar-refractivity contribution in [3.05, 3.63) is 96.8 Å². The van der Waals surface area contributed by atoms with Gasteiger partial charge in [0.2, 0.25) is 17.4 Å². The van der Waals surface area contributed by atoms with Gasteiger partial charge in [-0.25, -0.2) is 19.4 Å². The van der Waals surface area contributed by atoms with E-state index in [1.165, 1.54) is 13.2 Å². The predicted octanol–water partition coefficient (Wildman–Crippen LogP) is 3.26. The van der Waals surface area contributed by atoms with Crippen molar-refractivity contribution in [2.45, 2.75) is 6.54 Å². The monoisotopic (exact) mass is 349 g/mol. The first-order chi connectivity index (χ1) is 12.6. The molecule has 1 aliphatic rings. The molecule has 0 unspecified atom stereocenters. The summed E-state index contributed by atoms with van der Waals surface area (Å²) < 4.78 is 21.1. The molecule has 6 heteroatoms. The fourth-order valence-corrected chi connectivity index (χ4v) is 2.53. The molecule has 1 aromatic heterocycles. The highest BCUT2D eigenvalue weighted by molar-refractivity contribution is 6.17. The zero-order valence-electron chi connectivity index (χ0n) is 14.4. The molecule has 5 nitrogen and oxygen atoms in total. The first-order valence-corrected chi connectivity index (χ1v) is 7.95. The highest BCUT2D eigenvalue weighted by Gasteiger charge is 2.35. The van der Waals surface area contributed by atoms with Gasteiger partial charge in [-0.15, -0.1) is 0 Å². The SMILES string of the molecule is C=CC(=NC(=C)OC)C1=CC(c2ncccn2)=[N+]1Cc1ccccc1F. The van der Waals surface area contributed by atoms with Crippen LogP contribution in [0.5, 0.6) is 0 Å². The Morgan fingerprint density at radius 1 is 1.27 bits per heavy atom. The minimum absolute atomic E-state index is 0.260. The Balaban J connectivity index is 2.01. The van der Waals surface area contributed by atoms with Crippen LogP contribution in [0.3, 0.4) is 0 Å². The van der Waals surface area contributed by atoms with Crippen molar-refractivity contribution in [2.75, 3.05) is 7.11 Å². The molecule has 130 valence electrons. The van der Waals surface area contributed by atoms with E-state index in [1.807, 2.05) is 10.7 Å². The van der Waals surface area contributed by atoms with Crippen LogP contribution in [0.15, 0.2) is 84.6 Å². The molecule has 26 heavy (non-hydrogen) atoms. The third kappa shape index (κ3) is 3.49. The molecule has 2 heterocycles. The smallest absolute Gasteiger partial charge is 0.257 e. The summed E-state index contributed by atoms with van der Waals surface area (Å²) in [6.45, 7) is 7.82. The third-order valence-corrected chi connectivity index (χ3v) is 3.87. The van der Waals surface area contributed by atoms with Crippen molar-refractivity contribution in [2.24, 2.45) is 4.99 Å². The Bertz CT molecular complexity index is 945.